The molecule has 1 N–H and O–H groups in total. The maximum Gasteiger partial charge on any atom is 0.127 e. The van der Waals surface area contributed by atoms with Crippen molar-refractivity contribution in [3.8, 4) is 0 Å². The fourth-order valence-electron chi connectivity index (χ4n) is 2.63. The van der Waals surface area contributed by atoms with Crippen LogP contribution in [0.4, 0.5) is 4.39 Å². The molecule has 2 aromatic carbocycles. The van der Waals surface area contributed by atoms with Gasteiger partial charge in [-0.3, -0.25) is 0 Å². The van der Waals surface area contributed by atoms with E-state index in [0.29, 0.717) is 13.2 Å². The zero-order valence-corrected chi connectivity index (χ0v) is 11.3. The largest absolute Gasteiger partial charge is 0.376 e. The Bertz CT molecular complexity index is 566. The Morgan fingerprint density at radius 1 is 1.00 bits per heavy atom. The Kier molecular flexibility index (Phi) is 3.81. The van der Waals surface area contributed by atoms with E-state index in [1.165, 1.54) is 6.07 Å². The molecule has 0 unspecified atom stereocenters. The van der Waals surface area contributed by atoms with Gasteiger partial charge >= 0.3 is 0 Å². The summed E-state index contributed by atoms with van der Waals surface area (Å²) in [6, 6.07) is 17.0. The minimum atomic E-state index is -0.222. The third-order valence-corrected chi connectivity index (χ3v) is 3.86. The average molecular weight is 271 g/mol. The number of hydrogen-bond donors (Lipinski definition) is 1. The fourth-order valence-corrected chi connectivity index (χ4v) is 2.63. The molecule has 0 atom stereocenters. The lowest BCUT2D eigenvalue weighted by Gasteiger charge is -2.43. The van der Waals surface area contributed by atoms with Crippen LogP contribution in [0.2, 0.25) is 0 Å². The van der Waals surface area contributed by atoms with E-state index < -0.39 is 0 Å². The van der Waals surface area contributed by atoms with E-state index >= 15 is 0 Å². The van der Waals surface area contributed by atoms with Crippen LogP contribution in [-0.2, 0) is 16.8 Å². The summed E-state index contributed by atoms with van der Waals surface area (Å²) in [5.74, 6) is -0.141. The summed E-state index contributed by atoms with van der Waals surface area (Å²) in [6.45, 7) is 2.64. The lowest BCUT2D eigenvalue weighted by atomic mass is 9.75. The van der Waals surface area contributed by atoms with Crippen LogP contribution in [0.15, 0.2) is 54.6 Å². The highest BCUT2D eigenvalue weighted by molar-refractivity contribution is 5.31. The molecule has 1 saturated heterocycles. The number of rotatable bonds is 5. The minimum Gasteiger partial charge on any atom is -0.376 e. The first-order valence-electron chi connectivity index (χ1n) is 6.88. The van der Waals surface area contributed by atoms with Crippen molar-refractivity contribution in [3.05, 3.63) is 71.5 Å². The number of ether oxygens (including phenoxy) is 1. The number of nitrogens with one attached hydrogen (secondary N) is 1. The summed E-state index contributed by atoms with van der Waals surface area (Å²) in [5, 5.41) is 3.23. The zero-order chi connectivity index (χ0) is 13.8. The lowest BCUT2D eigenvalue weighted by Crippen LogP contribution is -2.59. The van der Waals surface area contributed by atoms with Crippen LogP contribution in [-0.4, -0.2) is 19.7 Å². The van der Waals surface area contributed by atoms with Crippen molar-refractivity contribution in [1.82, 2.24) is 5.32 Å². The van der Waals surface area contributed by atoms with E-state index in [1.807, 2.05) is 42.5 Å². The summed E-state index contributed by atoms with van der Waals surface area (Å²) in [4.78, 5) is 0. The predicted octanol–water partition coefficient (Wildman–Crippen LogP) is 2.88. The van der Waals surface area contributed by atoms with Gasteiger partial charge in [0.25, 0.3) is 0 Å². The molecule has 1 aliphatic heterocycles. The second-order valence-corrected chi connectivity index (χ2v) is 5.34. The Morgan fingerprint density at radius 2 is 1.70 bits per heavy atom. The van der Waals surface area contributed by atoms with Crippen LogP contribution in [0.5, 0.6) is 0 Å². The minimum absolute atomic E-state index is 0.141. The number of benzene rings is 2. The normalized spacial score (nSPS) is 16.6. The van der Waals surface area contributed by atoms with Crippen LogP contribution in [0.1, 0.15) is 11.1 Å². The molecular formula is C17H18FNO. The van der Waals surface area contributed by atoms with E-state index in [0.717, 1.165) is 24.2 Å². The van der Waals surface area contributed by atoms with Crippen molar-refractivity contribution >= 4 is 0 Å². The smallest absolute Gasteiger partial charge is 0.127 e. The molecule has 3 heteroatoms. The van der Waals surface area contributed by atoms with E-state index in [1.54, 1.807) is 6.07 Å². The molecule has 1 aliphatic rings. The maximum atomic E-state index is 14.0. The number of hydrogen-bond acceptors (Lipinski definition) is 2. The van der Waals surface area contributed by atoms with Gasteiger partial charge in [-0.05, 0) is 17.2 Å². The molecule has 0 bridgehead atoms. The third kappa shape index (κ3) is 2.60. The molecule has 1 fully saturated rings. The van der Waals surface area contributed by atoms with Gasteiger partial charge in [-0.2, -0.15) is 0 Å². The van der Waals surface area contributed by atoms with Crippen LogP contribution in [0, 0.1) is 5.82 Å². The Balaban J connectivity index is 1.67. The van der Waals surface area contributed by atoms with Crippen LogP contribution in [0.25, 0.3) is 0 Å². The van der Waals surface area contributed by atoms with E-state index in [-0.39, 0.29) is 11.2 Å². The predicted molar refractivity (Wildman–Crippen MR) is 77.0 cm³/mol. The van der Waals surface area contributed by atoms with Gasteiger partial charge < -0.3 is 10.1 Å². The standard InChI is InChI=1S/C17H18FNO/c18-16-9-5-4-8-15(16)17(11-19-12-17)13-20-10-14-6-2-1-3-7-14/h1-9,19H,10-13H2. The maximum absolute atomic E-state index is 14.0. The Labute approximate surface area is 118 Å². The fraction of sp³-hybridized carbons (Fsp3) is 0.294. The Morgan fingerprint density at radius 3 is 2.35 bits per heavy atom. The van der Waals surface area contributed by atoms with Crippen molar-refractivity contribution in [2.75, 3.05) is 19.7 Å². The first-order chi connectivity index (χ1) is 9.80. The molecule has 2 aromatic rings. The summed E-state index contributed by atoms with van der Waals surface area (Å²) >= 11 is 0. The van der Waals surface area contributed by atoms with E-state index in [4.69, 9.17) is 4.74 Å². The molecule has 3 rings (SSSR count). The van der Waals surface area contributed by atoms with Gasteiger partial charge in [-0.15, -0.1) is 0 Å². The van der Waals surface area contributed by atoms with E-state index in [9.17, 15) is 4.39 Å². The highest BCUT2D eigenvalue weighted by atomic mass is 19.1. The molecule has 0 amide bonds. The van der Waals surface area contributed by atoms with Gasteiger partial charge in [0.1, 0.15) is 5.82 Å². The molecule has 2 nitrogen and oxygen atoms in total. The lowest BCUT2D eigenvalue weighted by molar-refractivity contribution is 0.0456. The van der Waals surface area contributed by atoms with Crippen molar-refractivity contribution in [3.63, 3.8) is 0 Å². The second kappa shape index (κ2) is 5.73. The topological polar surface area (TPSA) is 21.3 Å². The quantitative estimate of drug-likeness (QED) is 0.903. The third-order valence-electron chi connectivity index (χ3n) is 3.86. The molecule has 20 heavy (non-hydrogen) atoms. The van der Waals surface area contributed by atoms with Crippen molar-refractivity contribution in [2.24, 2.45) is 0 Å². The second-order valence-electron chi connectivity index (χ2n) is 5.34. The Hall–Kier alpha value is -1.71. The SMILES string of the molecule is Fc1ccccc1C1(COCc2ccccc2)CNC1. The molecule has 0 aliphatic carbocycles. The van der Waals surface area contributed by atoms with Crippen molar-refractivity contribution in [1.29, 1.82) is 0 Å². The highest BCUT2D eigenvalue weighted by Gasteiger charge is 2.40. The molecule has 0 radical (unpaired) electrons. The molecular weight excluding hydrogens is 253 g/mol. The highest BCUT2D eigenvalue weighted by Crippen LogP contribution is 2.31. The average Bonchev–Trinajstić information content (AvgIpc) is 2.44. The van der Waals surface area contributed by atoms with Gasteiger partial charge in [0.15, 0.2) is 0 Å². The monoisotopic (exact) mass is 271 g/mol. The summed E-state index contributed by atoms with van der Waals surface area (Å²) in [6.07, 6.45) is 0. The first-order valence-corrected chi connectivity index (χ1v) is 6.88. The van der Waals surface area contributed by atoms with E-state index in [2.05, 4.69) is 5.32 Å². The summed E-state index contributed by atoms with van der Waals surface area (Å²) in [7, 11) is 0. The van der Waals surface area contributed by atoms with Gasteiger partial charge in [0.2, 0.25) is 0 Å². The molecule has 1 heterocycles. The van der Waals surface area contributed by atoms with Gasteiger partial charge in [0.05, 0.1) is 13.2 Å². The zero-order valence-electron chi connectivity index (χ0n) is 11.3. The van der Waals surface area contributed by atoms with Gasteiger partial charge in [0, 0.05) is 18.5 Å². The van der Waals surface area contributed by atoms with Gasteiger partial charge in [-0.25, -0.2) is 4.39 Å². The van der Waals surface area contributed by atoms with Crippen LogP contribution in [0.3, 0.4) is 0 Å². The van der Waals surface area contributed by atoms with Crippen LogP contribution < -0.4 is 5.32 Å². The summed E-state index contributed by atoms with van der Waals surface area (Å²) < 4.78 is 19.8. The van der Waals surface area contributed by atoms with Crippen molar-refractivity contribution in [2.45, 2.75) is 12.0 Å². The molecule has 0 spiro atoms. The molecule has 0 saturated carbocycles. The number of halogens is 1. The van der Waals surface area contributed by atoms with Gasteiger partial charge in [-0.1, -0.05) is 48.5 Å². The first kappa shape index (κ1) is 13.3. The van der Waals surface area contributed by atoms with Crippen molar-refractivity contribution < 1.29 is 9.13 Å². The molecule has 104 valence electrons. The van der Waals surface area contributed by atoms with Crippen LogP contribution >= 0.6 is 0 Å². The summed E-state index contributed by atoms with van der Waals surface area (Å²) in [5.41, 5.74) is 1.68. The molecule has 0 aromatic heterocycles.